The van der Waals surface area contributed by atoms with Gasteiger partial charge < -0.3 is 56.7 Å². The van der Waals surface area contributed by atoms with Crippen LogP contribution >= 0.6 is 63.7 Å². The molecule has 1 aliphatic heterocycles. The molecule has 0 aliphatic carbocycles. The molecular weight excluding hydrogens is 1590 g/mol. The Labute approximate surface area is 589 Å². The van der Waals surface area contributed by atoms with Crippen molar-refractivity contribution in [2.24, 2.45) is 0 Å². The van der Waals surface area contributed by atoms with E-state index < -0.39 is 123 Å². The van der Waals surface area contributed by atoms with Crippen LogP contribution < -0.4 is 28.4 Å². The van der Waals surface area contributed by atoms with Crippen LogP contribution in [0.5, 0.6) is 0 Å². The molecule has 0 bridgehead atoms. The number of halogens is 14. The van der Waals surface area contributed by atoms with Gasteiger partial charge >= 0.3 is 37.0 Å². The van der Waals surface area contributed by atoms with E-state index in [-0.39, 0.29) is 54.3 Å². The van der Waals surface area contributed by atoms with Crippen LogP contribution in [0.1, 0.15) is 79.5 Å². The lowest BCUT2D eigenvalue weighted by Gasteiger charge is -2.32. The average molecular weight is 1640 g/mol. The number of nitrogens with zero attached hydrogens (tertiary/aromatic N) is 4. The highest BCUT2D eigenvalue weighted by Gasteiger charge is 2.52. The number of nitrogens with two attached hydrogens (primary N) is 4. The smallest absolute Gasteiger partial charge is 0.477 e. The third kappa shape index (κ3) is 20.5. The molecule has 5 heterocycles. The molecule has 5 aromatic carbocycles. The number of ether oxygens (including phenoxy) is 3. The molecule has 10 rings (SSSR count). The van der Waals surface area contributed by atoms with Crippen molar-refractivity contribution in [2.75, 3.05) is 44.3 Å². The van der Waals surface area contributed by atoms with E-state index in [9.17, 15) is 67.9 Å². The molecule has 99 heavy (non-hydrogen) atoms. The third-order valence-electron chi connectivity index (χ3n) is 13.7. The second-order valence-corrected chi connectivity index (χ2v) is 24.4. The quantitative estimate of drug-likeness (QED) is 0.0338. The fourth-order valence-corrected chi connectivity index (χ4v) is 9.66. The lowest BCUT2D eigenvalue weighted by atomic mass is 9.79. The first kappa shape index (κ1) is 80.1. The molecule has 0 spiro atoms. The first-order valence-electron chi connectivity index (χ1n) is 27.4. The topological polar surface area (TPSA) is 328 Å². The number of rotatable bonds is 9. The Hall–Kier alpha value is -9.55. The normalized spacial score (nSPS) is 12.2. The predicted molar refractivity (Wildman–Crippen MR) is 358 cm³/mol. The van der Waals surface area contributed by atoms with E-state index in [4.69, 9.17) is 42.5 Å². The van der Waals surface area contributed by atoms with Crippen LogP contribution in [0.2, 0.25) is 0 Å². The summed E-state index contributed by atoms with van der Waals surface area (Å²) in [5, 5.41) is 17.0. The van der Waals surface area contributed by atoms with E-state index in [1.54, 1.807) is 24.4 Å². The molecule has 520 valence electrons. The molecule has 35 heteroatoms. The Bertz CT molecular complexity index is 4420. The van der Waals surface area contributed by atoms with Gasteiger partial charge in [-0.2, -0.15) is 0 Å². The van der Waals surface area contributed by atoms with Gasteiger partial charge in [-0.25, -0.2) is 87.8 Å². The van der Waals surface area contributed by atoms with Gasteiger partial charge in [-0.15, -0.1) is 0 Å². The van der Waals surface area contributed by atoms with Gasteiger partial charge in [0.15, 0.2) is 0 Å². The number of benzene rings is 5. The predicted octanol–water partition coefficient (Wildman–Crippen LogP) is 14.5. The number of carboxylic acid groups (broad SMARTS) is 2. The van der Waals surface area contributed by atoms with Crippen LogP contribution in [0, 0.1) is 58.2 Å². The first-order valence-corrected chi connectivity index (χ1v) is 30.5. The summed E-state index contributed by atoms with van der Waals surface area (Å²) in [7, 11) is 2.72. The highest BCUT2D eigenvalue weighted by Crippen LogP contribution is 2.37. The van der Waals surface area contributed by atoms with E-state index >= 15 is 0 Å². The van der Waals surface area contributed by atoms with E-state index in [0.717, 1.165) is 87.5 Å². The Morgan fingerprint density at radius 1 is 0.404 bits per heavy atom. The van der Waals surface area contributed by atoms with Crippen molar-refractivity contribution in [1.29, 1.82) is 0 Å². The van der Waals surface area contributed by atoms with Gasteiger partial charge in [0.25, 0.3) is 0 Å². The number of carbonyl (C=O) groups excluding carboxylic acids is 3. The number of hydrogen-bond donors (Lipinski definition) is 6. The van der Waals surface area contributed by atoms with E-state index in [1.807, 2.05) is 39.8 Å². The van der Waals surface area contributed by atoms with Crippen LogP contribution in [-0.4, -0.2) is 99.6 Å². The fourth-order valence-electron chi connectivity index (χ4n) is 8.19. The minimum absolute atomic E-state index is 0.0880. The van der Waals surface area contributed by atoms with Crippen LogP contribution in [0.15, 0.2) is 140 Å². The second-order valence-electron chi connectivity index (χ2n) is 20.7. The number of carboxylic acids is 2. The van der Waals surface area contributed by atoms with Crippen molar-refractivity contribution in [2.45, 2.75) is 38.9 Å². The summed E-state index contributed by atoms with van der Waals surface area (Å²) in [5.74, 6) is -16.1. The van der Waals surface area contributed by atoms with Crippen molar-refractivity contribution in [3.63, 3.8) is 0 Å². The number of anilines is 4. The molecule has 0 saturated carbocycles. The maximum Gasteiger partial charge on any atom is 0.498 e. The van der Waals surface area contributed by atoms with Gasteiger partial charge in [0, 0.05) is 64.8 Å². The van der Waals surface area contributed by atoms with Gasteiger partial charge in [-0.05, 0) is 167 Å². The molecule has 9 aromatic rings. The molecule has 1 fully saturated rings. The van der Waals surface area contributed by atoms with Crippen molar-refractivity contribution in [3.05, 3.63) is 226 Å². The molecule has 1 aliphatic rings. The number of aromatic carboxylic acids is 2. The minimum atomic E-state index is -1.66. The average Bonchev–Trinajstić information content (AvgIpc) is 1.68. The Kier molecular flexibility index (Phi) is 28.2. The number of esters is 3. The maximum absolute atomic E-state index is 13.9. The van der Waals surface area contributed by atoms with Gasteiger partial charge in [-0.3, -0.25) is 0 Å². The molecule has 0 radical (unpaired) electrons. The Morgan fingerprint density at radius 2 is 0.677 bits per heavy atom. The zero-order valence-electron chi connectivity index (χ0n) is 52.0. The van der Waals surface area contributed by atoms with Crippen molar-refractivity contribution >= 4 is 129 Å². The molecule has 0 amide bonds. The van der Waals surface area contributed by atoms with Gasteiger partial charge in [0.1, 0.15) is 109 Å². The summed E-state index contributed by atoms with van der Waals surface area (Å²) < 4.78 is 160. The largest absolute Gasteiger partial charge is 0.498 e. The molecule has 20 nitrogen and oxygen atoms in total. The van der Waals surface area contributed by atoms with Gasteiger partial charge in [0.05, 0.1) is 32.5 Å². The summed E-state index contributed by atoms with van der Waals surface area (Å²) >= 11 is 12.1. The first-order chi connectivity index (χ1) is 46.3. The summed E-state index contributed by atoms with van der Waals surface area (Å²) in [5.41, 5.74) is 20.3. The fraction of sp³-hybridized carbons (Fsp3) is 0.141. The number of aromatic nitrogens is 4. The minimum Gasteiger partial charge on any atom is -0.477 e. The molecule has 1 saturated heterocycles. The van der Waals surface area contributed by atoms with E-state index in [0.29, 0.717) is 31.5 Å². The molecule has 0 atom stereocenters. The number of nitrogen functional groups attached to an aromatic ring is 4. The summed E-state index contributed by atoms with van der Waals surface area (Å²) in [6.45, 7) is 8.05. The number of pyridine rings is 4. The molecular formula is C64H51BBr4F10N8O12. The number of methoxy groups -OCH3 is 3. The molecule has 4 aromatic heterocycles. The maximum atomic E-state index is 13.9. The molecule has 10 N–H and O–H groups in total. The van der Waals surface area contributed by atoms with E-state index in [1.165, 1.54) is 24.7 Å². The Balaban J connectivity index is 0.000000216. The van der Waals surface area contributed by atoms with Crippen LogP contribution in [0.3, 0.4) is 0 Å². The highest BCUT2D eigenvalue weighted by molar-refractivity contribution is 9.11. The van der Waals surface area contributed by atoms with Crippen molar-refractivity contribution < 1.29 is 102 Å². The number of carbonyl (C=O) groups is 5. The third-order valence-corrected chi connectivity index (χ3v) is 15.4. The zero-order chi connectivity index (χ0) is 74.3. The second kappa shape index (κ2) is 34.8. The Morgan fingerprint density at radius 3 is 0.980 bits per heavy atom. The summed E-state index contributed by atoms with van der Waals surface area (Å²) in [6.07, 6.45) is 6.03. The van der Waals surface area contributed by atoms with Crippen LogP contribution in [-0.2, 0) is 23.5 Å². The van der Waals surface area contributed by atoms with Gasteiger partial charge in [0.2, 0.25) is 0 Å². The zero-order valence-corrected chi connectivity index (χ0v) is 58.3. The summed E-state index contributed by atoms with van der Waals surface area (Å²) in [6, 6.07) is 19.6. The van der Waals surface area contributed by atoms with E-state index in [2.05, 4.69) is 97.9 Å². The van der Waals surface area contributed by atoms with Gasteiger partial charge in [-0.1, -0.05) is 37.9 Å². The standard InChI is InChI=1S/C13H9BrF2N2O2.C13H10F2N2O2.C12H7BrF2N2O2.C11H17BN2O2.C8H5BrF2O2.C7H3BrF2O2/c1-20-13(19)11-9(15)2-6(3-10(11)16)8-4-7(14)5-18-12(8)17;1-19-13(18)11-9(14)5-7(6-10(11)15)8-3-2-4-17-12(8)16;13-6-3-7(11(16)17-4-6)5-1-8(14)10(12(18)19)9(15)2-5;1-10(2)11(3,4)16-12(15-10)8-6-5-7-14-9(8)13;1-13-8(12)7-5(10)2-4(9)3-6(7)11;8-3-1-4(9)6(7(11)12)5(10)2-3/h2-5H,1H3,(H2,17,18);2-6H,1H3,(H2,16,17);1-4H,(H2,16,17)(H,18,19);5-7H,1-4H3,(H2,13,14);2-3H,1H3;1-2H,(H,11,12). The molecule has 0 unspecified atom stereocenters. The van der Waals surface area contributed by atoms with Crippen molar-refractivity contribution in [1.82, 2.24) is 19.9 Å². The lowest BCUT2D eigenvalue weighted by Crippen LogP contribution is -2.41. The summed E-state index contributed by atoms with van der Waals surface area (Å²) in [4.78, 5) is 69.9. The lowest BCUT2D eigenvalue weighted by molar-refractivity contribution is 0.00578. The monoisotopic (exact) mass is 1640 g/mol. The number of hydrogen-bond acceptors (Lipinski definition) is 18. The highest BCUT2D eigenvalue weighted by atomic mass is 79.9. The van der Waals surface area contributed by atoms with Crippen LogP contribution in [0.25, 0.3) is 33.4 Å². The SMILES string of the molecule is CC1(C)OB(c2cccnc2N)OC1(C)C.COC(=O)c1c(F)cc(-c2cc(Br)cnc2N)cc1F.COC(=O)c1c(F)cc(-c2cccnc2N)cc1F.COC(=O)c1c(F)cc(Br)cc1F.Nc1ncc(Br)cc1-c1cc(F)c(C(=O)O)c(F)c1.O=C(O)c1c(F)cc(Br)cc1F. The van der Waals surface area contributed by atoms with Crippen LogP contribution in [0.4, 0.5) is 67.2 Å². The van der Waals surface area contributed by atoms with Crippen molar-refractivity contribution in [3.8, 4) is 33.4 Å².